The fourth-order valence-corrected chi connectivity index (χ4v) is 3.79. The van der Waals surface area contributed by atoms with E-state index in [0.717, 1.165) is 19.4 Å². The van der Waals surface area contributed by atoms with Gasteiger partial charge in [0.15, 0.2) is 0 Å². The van der Waals surface area contributed by atoms with Crippen molar-refractivity contribution in [3.8, 4) is 0 Å². The first kappa shape index (κ1) is 13.5. The summed E-state index contributed by atoms with van der Waals surface area (Å²) < 4.78 is 26.9. The Hall–Kier alpha value is -0.920. The Balaban J connectivity index is 1.95. The molecule has 2 rings (SSSR count). The Morgan fingerprint density at radius 2 is 2.22 bits per heavy atom. The maximum absolute atomic E-state index is 12.1. The van der Waals surface area contributed by atoms with Gasteiger partial charge in [0, 0.05) is 12.6 Å². The minimum Gasteiger partial charge on any atom is -0.314 e. The third-order valence-electron chi connectivity index (χ3n) is 3.28. The van der Waals surface area contributed by atoms with Crippen molar-refractivity contribution in [2.75, 3.05) is 13.1 Å². The fourth-order valence-electron chi connectivity index (χ4n) is 2.38. The second kappa shape index (κ2) is 5.38. The molecule has 0 aliphatic carbocycles. The summed E-state index contributed by atoms with van der Waals surface area (Å²) in [5, 5.41) is 9.95. The lowest BCUT2D eigenvalue weighted by atomic mass is 10.2. The van der Waals surface area contributed by atoms with Gasteiger partial charge in [0.05, 0.1) is 11.4 Å². The van der Waals surface area contributed by atoms with E-state index < -0.39 is 10.0 Å². The minimum atomic E-state index is -3.44. The molecule has 1 aromatic heterocycles. The number of sulfonamides is 1. The molecular weight excluding hydrogens is 252 g/mol. The number of hydrogen-bond donors (Lipinski definition) is 3. The van der Waals surface area contributed by atoms with Gasteiger partial charge in [0.2, 0.25) is 10.0 Å². The normalized spacial score (nSPS) is 20.4. The van der Waals surface area contributed by atoms with Crippen LogP contribution in [0, 0.1) is 13.8 Å². The Morgan fingerprint density at radius 3 is 2.78 bits per heavy atom. The Labute approximate surface area is 108 Å². The molecule has 1 aliphatic rings. The number of aromatic nitrogens is 2. The average Bonchev–Trinajstić information content (AvgIpc) is 2.89. The Bertz CT molecular complexity index is 484. The van der Waals surface area contributed by atoms with Crippen LogP contribution in [0.3, 0.4) is 0 Å². The lowest BCUT2D eigenvalue weighted by molar-refractivity contribution is 0.539. The molecule has 1 aliphatic heterocycles. The van der Waals surface area contributed by atoms with E-state index in [2.05, 4.69) is 20.2 Å². The van der Waals surface area contributed by atoms with Gasteiger partial charge in [-0.25, -0.2) is 13.1 Å². The van der Waals surface area contributed by atoms with Crippen LogP contribution in [0.4, 0.5) is 0 Å². The number of aryl methyl sites for hydroxylation is 2. The number of aromatic amines is 1. The van der Waals surface area contributed by atoms with Gasteiger partial charge in [-0.3, -0.25) is 5.10 Å². The van der Waals surface area contributed by atoms with Crippen LogP contribution in [0.2, 0.25) is 0 Å². The zero-order valence-electron chi connectivity index (χ0n) is 10.8. The molecule has 1 fully saturated rings. The highest BCUT2D eigenvalue weighted by molar-refractivity contribution is 7.89. The molecule has 0 spiro atoms. The molecule has 2 heterocycles. The van der Waals surface area contributed by atoms with E-state index in [1.165, 1.54) is 6.42 Å². The number of H-pyrrole nitrogens is 1. The lowest BCUT2D eigenvalue weighted by Crippen LogP contribution is -2.31. The maximum Gasteiger partial charge on any atom is 0.244 e. The average molecular weight is 272 g/mol. The second-order valence-corrected chi connectivity index (χ2v) is 6.45. The summed E-state index contributed by atoms with van der Waals surface area (Å²) in [6.45, 7) is 4.91. The van der Waals surface area contributed by atoms with Gasteiger partial charge in [-0.15, -0.1) is 0 Å². The van der Waals surface area contributed by atoms with Crippen LogP contribution >= 0.6 is 0 Å². The minimum absolute atomic E-state index is 0.280. The molecule has 0 bridgehead atoms. The summed E-state index contributed by atoms with van der Waals surface area (Å²) in [6, 6.07) is 0.444. The fraction of sp³-hybridized carbons (Fsp3) is 0.727. The molecule has 102 valence electrons. The largest absolute Gasteiger partial charge is 0.314 e. The number of hydrogen-bond acceptors (Lipinski definition) is 4. The molecule has 1 saturated heterocycles. The Kier molecular flexibility index (Phi) is 4.04. The summed E-state index contributed by atoms with van der Waals surface area (Å²) >= 11 is 0. The zero-order chi connectivity index (χ0) is 13.2. The summed E-state index contributed by atoms with van der Waals surface area (Å²) in [4.78, 5) is 0.280. The third-order valence-corrected chi connectivity index (χ3v) is 5.00. The van der Waals surface area contributed by atoms with Gasteiger partial charge in [-0.2, -0.15) is 5.10 Å². The van der Waals surface area contributed by atoms with Crippen LogP contribution in [0.5, 0.6) is 0 Å². The monoisotopic (exact) mass is 272 g/mol. The molecule has 0 amide bonds. The van der Waals surface area contributed by atoms with E-state index in [1.807, 2.05) is 0 Å². The molecule has 6 nitrogen and oxygen atoms in total. The Morgan fingerprint density at radius 1 is 1.44 bits per heavy atom. The van der Waals surface area contributed by atoms with Crippen molar-refractivity contribution < 1.29 is 8.42 Å². The van der Waals surface area contributed by atoms with Crippen molar-refractivity contribution in [1.82, 2.24) is 20.2 Å². The zero-order valence-corrected chi connectivity index (χ0v) is 11.6. The van der Waals surface area contributed by atoms with Crippen molar-refractivity contribution in [2.45, 2.75) is 44.0 Å². The van der Waals surface area contributed by atoms with Gasteiger partial charge < -0.3 is 5.32 Å². The molecule has 7 heteroatoms. The van der Waals surface area contributed by atoms with E-state index in [1.54, 1.807) is 13.8 Å². The van der Waals surface area contributed by atoms with E-state index in [9.17, 15) is 8.42 Å². The number of nitrogens with zero attached hydrogens (tertiary/aromatic N) is 1. The number of nitrogens with one attached hydrogen (secondary N) is 3. The summed E-state index contributed by atoms with van der Waals surface area (Å²) in [5.74, 6) is 0. The van der Waals surface area contributed by atoms with Gasteiger partial charge >= 0.3 is 0 Å². The predicted molar refractivity (Wildman–Crippen MR) is 68.9 cm³/mol. The van der Waals surface area contributed by atoms with Crippen molar-refractivity contribution >= 4 is 10.0 Å². The van der Waals surface area contributed by atoms with Crippen LogP contribution in [-0.4, -0.2) is 37.7 Å². The van der Waals surface area contributed by atoms with E-state index in [-0.39, 0.29) is 4.90 Å². The first-order valence-electron chi connectivity index (χ1n) is 6.25. The first-order chi connectivity index (χ1) is 8.50. The standard InChI is InChI=1S/C11H20N4O2S/c1-8-11(9(2)15-14-8)18(16,17)13-7-5-10-4-3-6-12-10/h10,12-13H,3-7H2,1-2H3,(H,14,15). The van der Waals surface area contributed by atoms with Crippen LogP contribution in [0.1, 0.15) is 30.7 Å². The SMILES string of the molecule is Cc1n[nH]c(C)c1S(=O)(=O)NCCC1CCCN1. The molecule has 1 atom stereocenters. The van der Waals surface area contributed by atoms with Gasteiger partial charge in [-0.05, 0) is 39.7 Å². The van der Waals surface area contributed by atoms with Crippen LogP contribution in [0.15, 0.2) is 4.90 Å². The molecule has 3 N–H and O–H groups in total. The smallest absolute Gasteiger partial charge is 0.244 e. The van der Waals surface area contributed by atoms with Crippen molar-refractivity contribution in [3.05, 3.63) is 11.4 Å². The van der Waals surface area contributed by atoms with Crippen molar-refractivity contribution in [2.24, 2.45) is 0 Å². The molecule has 0 radical (unpaired) electrons. The number of rotatable bonds is 5. The highest BCUT2D eigenvalue weighted by Crippen LogP contribution is 2.16. The topological polar surface area (TPSA) is 86.9 Å². The van der Waals surface area contributed by atoms with E-state index >= 15 is 0 Å². The highest BCUT2D eigenvalue weighted by Gasteiger charge is 2.22. The summed E-state index contributed by atoms with van der Waals surface area (Å²) in [5.41, 5.74) is 1.10. The van der Waals surface area contributed by atoms with Gasteiger partial charge in [0.25, 0.3) is 0 Å². The van der Waals surface area contributed by atoms with Crippen LogP contribution < -0.4 is 10.0 Å². The highest BCUT2D eigenvalue weighted by atomic mass is 32.2. The lowest BCUT2D eigenvalue weighted by Gasteiger charge is -2.11. The molecule has 18 heavy (non-hydrogen) atoms. The molecule has 1 unspecified atom stereocenters. The van der Waals surface area contributed by atoms with E-state index in [0.29, 0.717) is 24.0 Å². The van der Waals surface area contributed by atoms with E-state index in [4.69, 9.17) is 0 Å². The van der Waals surface area contributed by atoms with Crippen molar-refractivity contribution in [3.63, 3.8) is 0 Å². The molecule has 0 aromatic carbocycles. The van der Waals surface area contributed by atoms with Crippen LogP contribution in [-0.2, 0) is 10.0 Å². The predicted octanol–water partition coefficient (Wildman–Crippen LogP) is 0.447. The third kappa shape index (κ3) is 2.90. The second-order valence-electron chi connectivity index (χ2n) is 4.74. The summed E-state index contributed by atoms with van der Waals surface area (Å²) in [7, 11) is -3.44. The summed E-state index contributed by atoms with van der Waals surface area (Å²) in [6.07, 6.45) is 3.14. The first-order valence-corrected chi connectivity index (χ1v) is 7.73. The quantitative estimate of drug-likeness (QED) is 0.726. The maximum atomic E-state index is 12.1. The molecule has 1 aromatic rings. The molecule has 0 saturated carbocycles. The molecular formula is C11H20N4O2S. The van der Waals surface area contributed by atoms with Crippen molar-refractivity contribution in [1.29, 1.82) is 0 Å². The van der Waals surface area contributed by atoms with Gasteiger partial charge in [-0.1, -0.05) is 0 Å². The van der Waals surface area contributed by atoms with Gasteiger partial charge in [0.1, 0.15) is 4.90 Å². The van der Waals surface area contributed by atoms with Crippen LogP contribution in [0.25, 0.3) is 0 Å².